The number of hydrogen-bond donors (Lipinski definition) is 1. The first kappa shape index (κ1) is 10.3. The number of rotatable bonds is 0. The lowest BCUT2D eigenvalue weighted by molar-refractivity contribution is -0.146. The first-order valence-electron chi connectivity index (χ1n) is 5.39. The van der Waals surface area contributed by atoms with E-state index in [2.05, 4.69) is 33.4 Å². The molecule has 0 aromatic heterocycles. The van der Waals surface area contributed by atoms with E-state index in [0.29, 0.717) is 0 Å². The van der Waals surface area contributed by atoms with Gasteiger partial charge in [-0.05, 0) is 30.2 Å². The lowest BCUT2D eigenvalue weighted by atomic mass is 10.1. The molecule has 0 bridgehead atoms. The fraction of sp³-hybridized carbons (Fsp3) is 0.417. The van der Waals surface area contributed by atoms with Gasteiger partial charge in [0, 0.05) is 10.9 Å². The molecule has 1 amide bonds. The summed E-state index contributed by atoms with van der Waals surface area (Å²) in [5.41, 5.74) is 2.45. The minimum absolute atomic E-state index is 0.0166. The molecule has 1 fully saturated rings. The van der Waals surface area contributed by atoms with Gasteiger partial charge in [-0.3, -0.25) is 4.79 Å². The lowest BCUT2D eigenvalue weighted by Crippen LogP contribution is -2.48. The summed E-state index contributed by atoms with van der Waals surface area (Å²) in [6, 6.07) is 6.20. The smallest absolute Gasteiger partial charge is 0.249 e. The van der Waals surface area contributed by atoms with Gasteiger partial charge >= 0.3 is 0 Å². The average molecular weight is 282 g/mol. The van der Waals surface area contributed by atoms with Gasteiger partial charge in [-0.1, -0.05) is 22.0 Å². The molecule has 0 saturated carbocycles. The Morgan fingerprint density at radius 2 is 2.31 bits per heavy atom. The molecular weight excluding hydrogens is 270 g/mol. The number of carbonyl (C=O) groups excluding carboxylic acids is 1. The Kier molecular flexibility index (Phi) is 2.30. The standard InChI is InChI=1S/C12H12BrNO2/c1-6-12(15)14-11-9-3-2-8(13)4-7(9)5-10(11)16-6/h2-4,6,10-11H,5H2,1H3,(H,14,15). The van der Waals surface area contributed by atoms with Crippen LogP contribution in [0.2, 0.25) is 0 Å². The molecule has 3 nitrogen and oxygen atoms in total. The van der Waals surface area contributed by atoms with Crippen LogP contribution in [0.15, 0.2) is 22.7 Å². The summed E-state index contributed by atoms with van der Waals surface area (Å²) in [4.78, 5) is 11.6. The largest absolute Gasteiger partial charge is 0.363 e. The molecule has 1 aliphatic heterocycles. The molecule has 3 atom stereocenters. The second-order valence-corrected chi connectivity index (χ2v) is 5.27. The molecule has 1 N–H and O–H groups in total. The summed E-state index contributed by atoms with van der Waals surface area (Å²) in [6.07, 6.45) is 0.639. The quantitative estimate of drug-likeness (QED) is 0.790. The number of morpholine rings is 1. The molecule has 1 saturated heterocycles. The molecule has 3 unspecified atom stereocenters. The Balaban J connectivity index is 1.98. The summed E-state index contributed by atoms with van der Waals surface area (Å²) in [5, 5.41) is 3.02. The van der Waals surface area contributed by atoms with Crippen LogP contribution in [0.3, 0.4) is 0 Å². The molecule has 1 heterocycles. The zero-order chi connectivity index (χ0) is 11.3. The van der Waals surface area contributed by atoms with Crippen LogP contribution in [0.25, 0.3) is 0 Å². The second-order valence-electron chi connectivity index (χ2n) is 4.35. The summed E-state index contributed by atoms with van der Waals surface area (Å²) >= 11 is 3.46. The summed E-state index contributed by atoms with van der Waals surface area (Å²) in [6.45, 7) is 1.80. The highest BCUT2D eigenvalue weighted by molar-refractivity contribution is 9.10. The van der Waals surface area contributed by atoms with E-state index in [1.807, 2.05) is 6.07 Å². The summed E-state index contributed by atoms with van der Waals surface area (Å²) in [7, 11) is 0. The van der Waals surface area contributed by atoms with Gasteiger partial charge in [0.1, 0.15) is 6.10 Å². The maximum Gasteiger partial charge on any atom is 0.249 e. The van der Waals surface area contributed by atoms with Crippen molar-refractivity contribution in [2.24, 2.45) is 0 Å². The fourth-order valence-electron chi connectivity index (χ4n) is 2.48. The molecule has 0 spiro atoms. The van der Waals surface area contributed by atoms with Gasteiger partial charge in [-0.25, -0.2) is 0 Å². The Labute approximate surface area is 102 Å². The number of amides is 1. The van der Waals surface area contributed by atoms with E-state index in [4.69, 9.17) is 4.74 Å². The number of nitrogens with one attached hydrogen (secondary N) is 1. The van der Waals surface area contributed by atoms with Crippen LogP contribution in [0, 0.1) is 0 Å². The van der Waals surface area contributed by atoms with Crippen molar-refractivity contribution >= 4 is 21.8 Å². The van der Waals surface area contributed by atoms with Crippen LogP contribution >= 0.6 is 15.9 Å². The first-order valence-corrected chi connectivity index (χ1v) is 6.18. The average Bonchev–Trinajstić information content (AvgIpc) is 2.55. The van der Waals surface area contributed by atoms with Gasteiger partial charge in [0.2, 0.25) is 5.91 Å². The van der Waals surface area contributed by atoms with Crippen molar-refractivity contribution in [2.75, 3.05) is 0 Å². The molecule has 1 aromatic rings. The third-order valence-corrected chi connectivity index (χ3v) is 3.77. The van der Waals surface area contributed by atoms with Crippen molar-refractivity contribution in [3.05, 3.63) is 33.8 Å². The molecule has 4 heteroatoms. The van der Waals surface area contributed by atoms with Crippen LogP contribution in [0.5, 0.6) is 0 Å². The molecule has 1 aromatic carbocycles. The normalized spacial score (nSPS) is 31.9. The van der Waals surface area contributed by atoms with E-state index in [1.165, 1.54) is 11.1 Å². The van der Waals surface area contributed by atoms with Crippen LogP contribution in [0.1, 0.15) is 24.1 Å². The Morgan fingerprint density at radius 3 is 3.12 bits per heavy atom. The van der Waals surface area contributed by atoms with Crippen molar-refractivity contribution in [3.8, 4) is 0 Å². The minimum Gasteiger partial charge on any atom is -0.363 e. The zero-order valence-corrected chi connectivity index (χ0v) is 10.5. The highest BCUT2D eigenvalue weighted by atomic mass is 79.9. The van der Waals surface area contributed by atoms with Gasteiger partial charge < -0.3 is 10.1 Å². The first-order chi connectivity index (χ1) is 7.65. The van der Waals surface area contributed by atoms with Crippen molar-refractivity contribution in [1.29, 1.82) is 0 Å². The maximum atomic E-state index is 11.6. The van der Waals surface area contributed by atoms with Crippen molar-refractivity contribution in [3.63, 3.8) is 0 Å². The molecule has 16 heavy (non-hydrogen) atoms. The van der Waals surface area contributed by atoms with E-state index in [0.717, 1.165) is 10.9 Å². The number of benzene rings is 1. The lowest BCUT2D eigenvalue weighted by Gasteiger charge is -2.31. The fourth-order valence-corrected chi connectivity index (χ4v) is 2.89. The zero-order valence-electron chi connectivity index (χ0n) is 8.87. The van der Waals surface area contributed by atoms with Crippen LogP contribution < -0.4 is 5.32 Å². The number of carbonyl (C=O) groups is 1. The van der Waals surface area contributed by atoms with Crippen LogP contribution in [-0.4, -0.2) is 18.1 Å². The number of fused-ring (bicyclic) bond motifs is 3. The maximum absolute atomic E-state index is 11.6. The monoisotopic (exact) mass is 281 g/mol. The number of ether oxygens (including phenoxy) is 1. The van der Waals surface area contributed by atoms with Crippen molar-refractivity contribution < 1.29 is 9.53 Å². The molecule has 0 radical (unpaired) electrons. The molecule has 3 rings (SSSR count). The van der Waals surface area contributed by atoms with Gasteiger partial charge in [0.15, 0.2) is 0 Å². The number of hydrogen-bond acceptors (Lipinski definition) is 2. The van der Waals surface area contributed by atoms with E-state index in [-0.39, 0.29) is 24.2 Å². The predicted molar refractivity (Wildman–Crippen MR) is 63.1 cm³/mol. The summed E-state index contributed by atoms with van der Waals surface area (Å²) in [5.74, 6) is -0.0166. The highest BCUT2D eigenvalue weighted by Crippen LogP contribution is 2.37. The van der Waals surface area contributed by atoms with Crippen molar-refractivity contribution in [2.45, 2.75) is 31.6 Å². The molecule has 2 aliphatic rings. The third-order valence-electron chi connectivity index (χ3n) is 3.28. The Morgan fingerprint density at radius 1 is 1.50 bits per heavy atom. The van der Waals surface area contributed by atoms with E-state index < -0.39 is 0 Å². The predicted octanol–water partition coefficient (Wildman–Crippen LogP) is 1.95. The Hall–Kier alpha value is -0.870. The SMILES string of the molecule is CC1OC2Cc3cc(Br)ccc3C2NC1=O. The van der Waals surface area contributed by atoms with Gasteiger partial charge in [0.05, 0.1) is 12.1 Å². The molecule has 84 valence electrons. The van der Waals surface area contributed by atoms with Crippen LogP contribution in [-0.2, 0) is 16.0 Å². The molecular formula is C12H12BrNO2. The number of halogens is 1. The van der Waals surface area contributed by atoms with Gasteiger partial charge in [0.25, 0.3) is 0 Å². The van der Waals surface area contributed by atoms with Gasteiger partial charge in [-0.2, -0.15) is 0 Å². The topological polar surface area (TPSA) is 38.3 Å². The minimum atomic E-state index is -0.334. The summed E-state index contributed by atoms with van der Waals surface area (Å²) < 4.78 is 6.79. The van der Waals surface area contributed by atoms with Gasteiger partial charge in [-0.15, -0.1) is 0 Å². The Bertz CT molecular complexity index is 460. The highest BCUT2D eigenvalue weighted by Gasteiger charge is 2.40. The van der Waals surface area contributed by atoms with E-state index in [1.54, 1.807) is 6.92 Å². The van der Waals surface area contributed by atoms with E-state index >= 15 is 0 Å². The van der Waals surface area contributed by atoms with Crippen LogP contribution in [0.4, 0.5) is 0 Å². The van der Waals surface area contributed by atoms with E-state index in [9.17, 15) is 4.79 Å². The molecule has 1 aliphatic carbocycles. The second kappa shape index (κ2) is 3.57. The third kappa shape index (κ3) is 1.48. The van der Waals surface area contributed by atoms with Crippen molar-refractivity contribution in [1.82, 2.24) is 5.32 Å².